The summed E-state index contributed by atoms with van der Waals surface area (Å²) < 4.78 is 5.54. The maximum Gasteiger partial charge on any atom is 0.260 e. The molecule has 0 unspecified atom stereocenters. The molecule has 1 aliphatic heterocycles. The van der Waals surface area contributed by atoms with E-state index in [1.54, 1.807) is 9.80 Å². The van der Waals surface area contributed by atoms with Gasteiger partial charge in [-0.25, -0.2) is 0 Å². The number of hydrogen-bond acceptors (Lipinski definition) is 3. The number of amides is 2. The number of ether oxygens (including phenoxy) is 1. The zero-order valence-corrected chi connectivity index (χ0v) is 11.7. The third kappa shape index (κ3) is 3.73. The largest absolute Gasteiger partial charge is 0.484 e. The molecule has 1 saturated heterocycles. The van der Waals surface area contributed by atoms with Crippen LogP contribution in [-0.4, -0.2) is 54.9 Å². The maximum atomic E-state index is 12.0. The van der Waals surface area contributed by atoms with Gasteiger partial charge in [-0.2, -0.15) is 0 Å². The first-order chi connectivity index (χ1) is 9.72. The molecule has 1 aromatic carbocycles. The predicted octanol–water partition coefficient (Wildman–Crippen LogP) is 0.928. The van der Waals surface area contributed by atoms with Crippen LogP contribution in [0.2, 0.25) is 0 Å². The molecule has 0 atom stereocenters. The van der Waals surface area contributed by atoms with E-state index in [4.69, 9.17) is 4.74 Å². The average Bonchev–Trinajstić information content (AvgIpc) is 2.53. The minimum atomic E-state index is -0.0301. The summed E-state index contributed by atoms with van der Waals surface area (Å²) >= 11 is 0. The van der Waals surface area contributed by atoms with Crippen molar-refractivity contribution >= 4 is 12.3 Å². The van der Waals surface area contributed by atoms with E-state index < -0.39 is 0 Å². The van der Waals surface area contributed by atoms with E-state index in [1.807, 2.05) is 24.3 Å². The summed E-state index contributed by atoms with van der Waals surface area (Å²) in [7, 11) is 0. The van der Waals surface area contributed by atoms with Gasteiger partial charge < -0.3 is 14.5 Å². The van der Waals surface area contributed by atoms with Crippen LogP contribution < -0.4 is 4.74 Å². The minimum absolute atomic E-state index is 0.0301. The summed E-state index contributed by atoms with van der Waals surface area (Å²) in [5.41, 5.74) is 1.19. The van der Waals surface area contributed by atoms with Gasteiger partial charge in [-0.15, -0.1) is 0 Å². The average molecular weight is 276 g/mol. The van der Waals surface area contributed by atoms with Crippen LogP contribution in [0.15, 0.2) is 24.3 Å². The highest BCUT2D eigenvalue weighted by atomic mass is 16.5. The Bertz CT molecular complexity index is 468. The Labute approximate surface area is 119 Å². The molecule has 1 aliphatic rings. The van der Waals surface area contributed by atoms with Gasteiger partial charge in [-0.05, 0) is 24.1 Å². The highest BCUT2D eigenvalue weighted by Crippen LogP contribution is 2.14. The van der Waals surface area contributed by atoms with Crippen LogP contribution in [0.1, 0.15) is 12.5 Å². The molecule has 0 spiro atoms. The van der Waals surface area contributed by atoms with Gasteiger partial charge >= 0.3 is 0 Å². The molecule has 0 radical (unpaired) electrons. The number of benzene rings is 1. The molecule has 0 bridgehead atoms. The Morgan fingerprint density at radius 2 is 2.05 bits per heavy atom. The second-order valence-electron chi connectivity index (χ2n) is 4.81. The topological polar surface area (TPSA) is 49.9 Å². The second-order valence-corrected chi connectivity index (χ2v) is 4.81. The number of hydrogen-bond donors (Lipinski definition) is 0. The second kappa shape index (κ2) is 6.93. The molecule has 1 aromatic rings. The van der Waals surface area contributed by atoms with Crippen molar-refractivity contribution in [3.8, 4) is 5.75 Å². The summed E-state index contributed by atoms with van der Waals surface area (Å²) in [5.74, 6) is 0.696. The van der Waals surface area contributed by atoms with Crippen molar-refractivity contribution in [2.45, 2.75) is 13.3 Å². The Morgan fingerprint density at radius 1 is 1.30 bits per heavy atom. The minimum Gasteiger partial charge on any atom is -0.484 e. The summed E-state index contributed by atoms with van der Waals surface area (Å²) in [4.78, 5) is 26.0. The third-order valence-corrected chi connectivity index (χ3v) is 3.49. The van der Waals surface area contributed by atoms with Crippen LogP contribution in [0.3, 0.4) is 0 Å². The van der Waals surface area contributed by atoms with Gasteiger partial charge in [-0.1, -0.05) is 19.1 Å². The van der Waals surface area contributed by atoms with Crippen LogP contribution in [0, 0.1) is 0 Å². The van der Waals surface area contributed by atoms with Gasteiger partial charge in [0.1, 0.15) is 5.75 Å². The number of carbonyl (C=O) groups is 2. The summed E-state index contributed by atoms with van der Waals surface area (Å²) in [6.07, 6.45) is 1.77. The Balaban J connectivity index is 1.81. The van der Waals surface area contributed by atoms with Gasteiger partial charge in [0, 0.05) is 26.2 Å². The Morgan fingerprint density at radius 3 is 2.70 bits per heavy atom. The van der Waals surface area contributed by atoms with Crippen LogP contribution in [0.5, 0.6) is 5.75 Å². The lowest BCUT2D eigenvalue weighted by atomic mass is 10.2. The predicted molar refractivity (Wildman–Crippen MR) is 75.5 cm³/mol. The van der Waals surface area contributed by atoms with Crippen molar-refractivity contribution in [1.82, 2.24) is 9.80 Å². The number of piperazine rings is 1. The normalized spacial score (nSPS) is 15.1. The fourth-order valence-electron chi connectivity index (χ4n) is 2.17. The Hall–Kier alpha value is -2.04. The van der Waals surface area contributed by atoms with E-state index in [1.165, 1.54) is 5.56 Å². The van der Waals surface area contributed by atoms with Gasteiger partial charge in [-0.3, -0.25) is 9.59 Å². The lowest BCUT2D eigenvalue weighted by Gasteiger charge is -2.32. The number of aryl methyl sites for hydroxylation is 1. The molecule has 5 heteroatoms. The monoisotopic (exact) mass is 276 g/mol. The van der Waals surface area contributed by atoms with E-state index >= 15 is 0 Å². The molecule has 0 saturated carbocycles. The quantitative estimate of drug-likeness (QED) is 0.752. The van der Waals surface area contributed by atoms with Gasteiger partial charge in [0.2, 0.25) is 6.41 Å². The van der Waals surface area contributed by atoms with Crippen molar-refractivity contribution in [3.63, 3.8) is 0 Å². The maximum absolute atomic E-state index is 12.0. The smallest absolute Gasteiger partial charge is 0.260 e. The first-order valence-electron chi connectivity index (χ1n) is 6.91. The highest BCUT2D eigenvalue weighted by molar-refractivity contribution is 5.78. The van der Waals surface area contributed by atoms with Crippen molar-refractivity contribution in [1.29, 1.82) is 0 Å². The van der Waals surface area contributed by atoms with Crippen molar-refractivity contribution in [3.05, 3.63) is 29.8 Å². The fraction of sp³-hybridized carbons (Fsp3) is 0.467. The zero-order chi connectivity index (χ0) is 14.4. The molecular formula is C15H20N2O3. The molecular weight excluding hydrogens is 256 g/mol. The first-order valence-corrected chi connectivity index (χ1v) is 6.91. The number of nitrogens with zero attached hydrogens (tertiary/aromatic N) is 2. The van der Waals surface area contributed by atoms with Crippen LogP contribution in [-0.2, 0) is 16.0 Å². The van der Waals surface area contributed by atoms with E-state index in [0.717, 1.165) is 18.6 Å². The van der Waals surface area contributed by atoms with E-state index in [2.05, 4.69) is 6.92 Å². The zero-order valence-electron chi connectivity index (χ0n) is 11.7. The van der Waals surface area contributed by atoms with Crippen LogP contribution >= 0.6 is 0 Å². The molecule has 5 nitrogen and oxygen atoms in total. The molecule has 20 heavy (non-hydrogen) atoms. The lowest BCUT2D eigenvalue weighted by molar-refractivity contribution is -0.137. The summed E-state index contributed by atoms with van der Waals surface area (Å²) in [6.45, 7) is 4.48. The molecule has 1 heterocycles. The van der Waals surface area contributed by atoms with E-state index in [-0.39, 0.29) is 12.5 Å². The third-order valence-electron chi connectivity index (χ3n) is 3.49. The van der Waals surface area contributed by atoms with Crippen LogP contribution in [0.25, 0.3) is 0 Å². The SMILES string of the molecule is CCc1cccc(OCC(=O)N2CCN(C=O)CC2)c1. The molecule has 0 aliphatic carbocycles. The number of carbonyl (C=O) groups excluding carboxylic acids is 2. The van der Waals surface area contributed by atoms with E-state index in [0.29, 0.717) is 26.2 Å². The van der Waals surface area contributed by atoms with Crippen LogP contribution in [0.4, 0.5) is 0 Å². The van der Waals surface area contributed by atoms with Crippen molar-refractivity contribution in [2.24, 2.45) is 0 Å². The molecule has 1 fully saturated rings. The Kier molecular flexibility index (Phi) is 4.98. The molecule has 2 amide bonds. The standard InChI is InChI=1S/C15H20N2O3/c1-2-13-4-3-5-14(10-13)20-11-15(19)17-8-6-16(12-18)7-9-17/h3-5,10,12H,2,6-9,11H2,1H3. The van der Waals surface area contributed by atoms with Crippen molar-refractivity contribution < 1.29 is 14.3 Å². The van der Waals surface area contributed by atoms with Gasteiger partial charge in [0.05, 0.1) is 0 Å². The molecule has 2 rings (SSSR count). The summed E-state index contributed by atoms with van der Waals surface area (Å²) in [6, 6.07) is 7.78. The van der Waals surface area contributed by atoms with Gasteiger partial charge in [0.25, 0.3) is 5.91 Å². The highest BCUT2D eigenvalue weighted by Gasteiger charge is 2.20. The van der Waals surface area contributed by atoms with Crippen molar-refractivity contribution in [2.75, 3.05) is 32.8 Å². The molecule has 0 N–H and O–H groups in total. The van der Waals surface area contributed by atoms with Gasteiger partial charge in [0.15, 0.2) is 6.61 Å². The van der Waals surface area contributed by atoms with E-state index in [9.17, 15) is 9.59 Å². The fourth-order valence-corrected chi connectivity index (χ4v) is 2.17. The molecule has 108 valence electrons. The summed E-state index contributed by atoms with van der Waals surface area (Å²) in [5, 5.41) is 0. The lowest BCUT2D eigenvalue weighted by Crippen LogP contribution is -2.49. The number of rotatable bonds is 5. The first kappa shape index (κ1) is 14.4. The molecule has 0 aromatic heterocycles.